The van der Waals surface area contributed by atoms with Gasteiger partial charge < -0.3 is 10.2 Å². The van der Waals surface area contributed by atoms with Crippen molar-refractivity contribution >= 4 is 5.91 Å². The first-order chi connectivity index (χ1) is 9.72. The van der Waals surface area contributed by atoms with Crippen molar-refractivity contribution in [2.45, 2.75) is 70.4 Å². The Labute approximate surface area is 122 Å². The predicted molar refractivity (Wildman–Crippen MR) is 79.0 cm³/mol. The Bertz CT molecular complexity index is 357. The number of hydrogen-bond acceptors (Lipinski definition) is 3. The molecule has 2 fully saturated rings. The van der Waals surface area contributed by atoms with E-state index in [1.54, 1.807) is 0 Å². The number of carbonyl (C=O) groups excluding carboxylic acids is 1. The number of rotatable bonds is 3. The summed E-state index contributed by atoms with van der Waals surface area (Å²) in [6, 6.07) is 2.46. The van der Waals surface area contributed by atoms with E-state index in [0.717, 1.165) is 45.2 Å². The molecule has 112 valence electrons. The number of nitrogens with one attached hydrogen (secondary N) is 1. The molecule has 0 bridgehead atoms. The summed E-state index contributed by atoms with van der Waals surface area (Å²) in [4.78, 5) is 14.4. The third kappa shape index (κ3) is 3.96. The summed E-state index contributed by atoms with van der Waals surface area (Å²) in [5, 5.41) is 12.7. The minimum absolute atomic E-state index is 0.0640. The van der Waals surface area contributed by atoms with E-state index >= 15 is 0 Å². The maximum absolute atomic E-state index is 12.4. The van der Waals surface area contributed by atoms with Crippen molar-refractivity contribution < 1.29 is 4.79 Å². The van der Waals surface area contributed by atoms with Gasteiger partial charge in [-0.05, 0) is 39.0 Å². The SMILES string of the molecule is CC(NC1CCCCCC1C#N)C(=O)N1CCCCC1. The molecule has 1 N–H and O–H groups in total. The number of nitriles is 1. The van der Waals surface area contributed by atoms with Crippen molar-refractivity contribution in [1.82, 2.24) is 10.2 Å². The number of piperidine rings is 1. The Morgan fingerprint density at radius 1 is 1.15 bits per heavy atom. The zero-order chi connectivity index (χ0) is 14.4. The second-order valence-corrected chi connectivity index (χ2v) is 6.25. The summed E-state index contributed by atoms with van der Waals surface area (Å²) in [5.74, 6) is 0.278. The van der Waals surface area contributed by atoms with Crippen molar-refractivity contribution in [2.75, 3.05) is 13.1 Å². The highest BCUT2D eigenvalue weighted by Gasteiger charge is 2.28. The molecule has 4 nitrogen and oxygen atoms in total. The van der Waals surface area contributed by atoms with Crippen molar-refractivity contribution in [1.29, 1.82) is 5.26 Å². The first-order valence-electron chi connectivity index (χ1n) is 8.17. The summed E-state index contributed by atoms with van der Waals surface area (Å²) in [5.41, 5.74) is 0. The summed E-state index contributed by atoms with van der Waals surface area (Å²) in [6.07, 6.45) is 9.01. The summed E-state index contributed by atoms with van der Waals surface area (Å²) < 4.78 is 0. The molecule has 0 aromatic heterocycles. The van der Waals surface area contributed by atoms with Crippen LogP contribution in [0.3, 0.4) is 0 Å². The largest absolute Gasteiger partial charge is 0.341 e. The van der Waals surface area contributed by atoms with Gasteiger partial charge in [0.15, 0.2) is 0 Å². The molecule has 1 saturated carbocycles. The molecule has 0 aromatic carbocycles. The molecule has 4 heteroatoms. The van der Waals surface area contributed by atoms with Crippen LogP contribution in [-0.4, -0.2) is 36.0 Å². The topological polar surface area (TPSA) is 56.1 Å². The van der Waals surface area contributed by atoms with Crippen LogP contribution in [0.2, 0.25) is 0 Å². The van der Waals surface area contributed by atoms with E-state index < -0.39 is 0 Å². The van der Waals surface area contributed by atoms with Gasteiger partial charge in [-0.1, -0.05) is 19.3 Å². The average molecular weight is 277 g/mol. The first kappa shape index (κ1) is 15.3. The number of hydrogen-bond donors (Lipinski definition) is 1. The molecule has 1 heterocycles. The second kappa shape index (κ2) is 7.64. The Balaban J connectivity index is 1.89. The quantitative estimate of drug-likeness (QED) is 0.806. The fraction of sp³-hybridized carbons (Fsp3) is 0.875. The zero-order valence-corrected chi connectivity index (χ0v) is 12.6. The van der Waals surface area contributed by atoms with E-state index in [4.69, 9.17) is 0 Å². The van der Waals surface area contributed by atoms with Gasteiger partial charge in [-0.25, -0.2) is 0 Å². The highest BCUT2D eigenvalue weighted by molar-refractivity contribution is 5.81. The zero-order valence-electron chi connectivity index (χ0n) is 12.6. The predicted octanol–water partition coefficient (Wildman–Crippen LogP) is 2.45. The van der Waals surface area contributed by atoms with Gasteiger partial charge in [0.05, 0.1) is 18.0 Å². The van der Waals surface area contributed by atoms with Crippen molar-refractivity contribution in [3.05, 3.63) is 0 Å². The van der Waals surface area contributed by atoms with E-state index in [1.807, 2.05) is 11.8 Å². The molecule has 0 radical (unpaired) electrons. The van der Waals surface area contributed by atoms with Crippen LogP contribution < -0.4 is 5.32 Å². The normalized spacial score (nSPS) is 29.3. The Hall–Kier alpha value is -1.08. The fourth-order valence-corrected chi connectivity index (χ4v) is 3.44. The molecule has 1 amide bonds. The summed E-state index contributed by atoms with van der Waals surface area (Å²) >= 11 is 0. The van der Waals surface area contributed by atoms with Gasteiger partial charge in [0, 0.05) is 19.1 Å². The van der Waals surface area contributed by atoms with Crippen molar-refractivity contribution in [3.8, 4) is 6.07 Å². The van der Waals surface area contributed by atoms with Gasteiger partial charge in [0.2, 0.25) is 5.91 Å². The Kier molecular flexibility index (Phi) is 5.85. The van der Waals surface area contributed by atoms with Crippen molar-refractivity contribution in [2.24, 2.45) is 5.92 Å². The van der Waals surface area contributed by atoms with Gasteiger partial charge in [-0.3, -0.25) is 4.79 Å². The standard InChI is InChI=1S/C16H27N3O/c1-13(16(20)19-10-6-3-7-11-19)18-15-9-5-2-4-8-14(15)12-17/h13-15,18H,2-11H2,1H3. The van der Waals surface area contributed by atoms with Gasteiger partial charge in [-0.15, -0.1) is 0 Å². The van der Waals surface area contributed by atoms with E-state index in [9.17, 15) is 10.1 Å². The van der Waals surface area contributed by atoms with Crippen molar-refractivity contribution in [3.63, 3.8) is 0 Å². The first-order valence-corrected chi connectivity index (χ1v) is 8.17. The molecule has 1 aliphatic carbocycles. The van der Waals surface area contributed by atoms with Gasteiger partial charge in [-0.2, -0.15) is 5.26 Å². The van der Waals surface area contributed by atoms with Gasteiger partial charge >= 0.3 is 0 Å². The van der Waals surface area contributed by atoms with Crippen LogP contribution in [0.25, 0.3) is 0 Å². The fourth-order valence-electron chi connectivity index (χ4n) is 3.44. The van der Waals surface area contributed by atoms with Crippen LogP contribution in [-0.2, 0) is 4.79 Å². The molecule has 20 heavy (non-hydrogen) atoms. The van der Waals surface area contributed by atoms with E-state index in [-0.39, 0.29) is 23.9 Å². The summed E-state index contributed by atoms with van der Waals surface area (Å²) in [6.45, 7) is 3.75. The molecule has 3 atom stereocenters. The molecule has 2 aliphatic rings. The monoisotopic (exact) mass is 277 g/mol. The molecule has 2 rings (SSSR count). The third-order valence-corrected chi connectivity index (χ3v) is 4.68. The van der Waals surface area contributed by atoms with Crippen LogP contribution in [0.4, 0.5) is 0 Å². The van der Waals surface area contributed by atoms with Crippen LogP contribution >= 0.6 is 0 Å². The molecular weight excluding hydrogens is 250 g/mol. The lowest BCUT2D eigenvalue weighted by atomic mass is 9.95. The van der Waals surface area contributed by atoms with Crippen LogP contribution in [0.1, 0.15) is 58.3 Å². The third-order valence-electron chi connectivity index (χ3n) is 4.68. The summed E-state index contributed by atoms with van der Waals surface area (Å²) in [7, 11) is 0. The van der Waals surface area contributed by atoms with Crippen LogP contribution in [0, 0.1) is 17.2 Å². The maximum atomic E-state index is 12.4. The van der Waals surface area contributed by atoms with Gasteiger partial charge in [0.25, 0.3) is 0 Å². The molecule has 0 aromatic rings. The highest BCUT2D eigenvalue weighted by Crippen LogP contribution is 2.23. The van der Waals surface area contributed by atoms with E-state index in [1.165, 1.54) is 19.3 Å². The van der Waals surface area contributed by atoms with Gasteiger partial charge in [0.1, 0.15) is 0 Å². The molecule has 3 unspecified atom stereocenters. The smallest absolute Gasteiger partial charge is 0.239 e. The number of likely N-dealkylation sites (tertiary alicyclic amines) is 1. The molecule has 0 spiro atoms. The second-order valence-electron chi connectivity index (χ2n) is 6.25. The lowest BCUT2D eigenvalue weighted by Crippen LogP contribution is -2.51. The maximum Gasteiger partial charge on any atom is 0.239 e. The minimum Gasteiger partial charge on any atom is -0.341 e. The molecule has 1 aliphatic heterocycles. The Morgan fingerprint density at radius 2 is 1.80 bits per heavy atom. The van der Waals surface area contributed by atoms with E-state index in [2.05, 4.69) is 11.4 Å². The lowest BCUT2D eigenvalue weighted by molar-refractivity contribution is -0.134. The number of carbonyl (C=O) groups is 1. The molecule has 1 saturated heterocycles. The molecular formula is C16H27N3O. The van der Waals surface area contributed by atoms with Crippen LogP contribution in [0.15, 0.2) is 0 Å². The number of amides is 1. The number of nitrogens with zero attached hydrogens (tertiary/aromatic N) is 2. The Morgan fingerprint density at radius 3 is 2.50 bits per heavy atom. The van der Waals surface area contributed by atoms with E-state index in [0.29, 0.717) is 0 Å². The highest BCUT2D eigenvalue weighted by atomic mass is 16.2. The lowest BCUT2D eigenvalue weighted by Gasteiger charge is -2.32. The van der Waals surface area contributed by atoms with Crippen LogP contribution in [0.5, 0.6) is 0 Å². The average Bonchev–Trinajstić information content (AvgIpc) is 2.72. The minimum atomic E-state index is -0.160.